The molecule has 3 heterocycles. The molecule has 6 nitrogen and oxygen atoms in total. The average Bonchev–Trinajstić information content (AvgIpc) is 3.06. The van der Waals surface area contributed by atoms with E-state index in [-0.39, 0.29) is 18.1 Å². The molecular formula is C18H22N4O2. The van der Waals surface area contributed by atoms with Crippen LogP contribution in [0.1, 0.15) is 46.9 Å². The molecule has 1 aliphatic carbocycles. The third kappa shape index (κ3) is 3.19. The number of aromatic nitrogens is 3. The summed E-state index contributed by atoms with van der Waals surface area (Å²) >= 11 is 0. The van der Waals surface area contributed by atoms with Crippen molar-refractivity contribution >= 4 is 5.91 Å². The highest BCUT2D eigenvalue weighted by molar-refractivity contribution is 5.95. The van der Waals surface area contributed by atoms with Gasteiger partial charge in [-0.15, -0.1) is 0 Å². The number of rotatable bonds is 5. The average molecular weight is 326 g/mol. The summed E-state index contributed by atoms with van der Waals surface area (Å²) in [5.41, 5.74) is 2.59. The van der Waals surface area contributed by atoms with Crippen molar-refractivity contribution in [2.45, 2.75) is 44.9 Å². The summed E-state index contributed by atoms with van der Waals surface area (Å²) in [6, 6.07) is 1.81. The van der Waals surface area contributed by atoms with Gasteiger partial charge in [0.1, 0.15) is 6.10 Å². The van der Waals surface area contributed by atoms with E-state index in [1.807, 2.05) is 23.9 Å². The van der Waals surface area contributed by atoms with Crippen LogP contribution in [0, 0.1) is 12.8 Å². The third-order valence-electron chi connectivity index (χ3n) is 4.82. The Hall–Kier alpha value is -2.21. The SMILES string of the molecule is Cc1ccncc1C(=O)N[C@H]1CCO[C@@H]1c1cnn(CC2CC2)c1. The number of pyridine rings is 1. The molecule has 1 saturated heterocycles. The van der Waals surface area contributed by atoms with Crippen molar-refractivity contribution in [2.24, 2.45) is 5.92 Å². The molecule has 2 fully saturated rings. The van der Waals surface area contributed by atoms with E-state index in [2.05, 4.69) is 21.6 Å². The van der Waals surface area contributed by atoms with E-state index in [4.69, 9.17) is 4.74 Å². The maximum absolute atomic E-state index is 12.5. The summed E-state index contributed by atoms with van der Waals surface area (Å²) < 4.78 is 7.87. The highest BCUT2D eigenvalue weighted by Crippen LogP contribution is 2.32. The molecule has 2 atom stereocenters. The molecule has 2 aromatic rings. The molecule has 0 bridgehead atoms. The van der Waals surface area contributed by atoms with Crippen molar-refractivity contribution in [3.63, 3.8) is 0 Å². The molecular weight excluding hydrogens is 304 g/mol. The van der Waals surface area contributed by atoms with E-state index in [1.165, 1.54) is 12.8 Å². The highest BCUT2D eigenvalue weighted by atomic mass is 16.5. The molecule has 24 heavy (non-hydrogen) atoms. The van der Waals surface area contributed by atoms with Crippen molar-refractivity contribution in [2.75, 3.05) is 6.61 Å². The minimum atomic E-state index is -0.126. The molecule has 126 valence electrons. The van der Waals surface area contributed by atoms with Crippen LogP contribution in [0.4, 0.5) is 0 Å². The third-order valence-corrected chi connectivity index (χ3v) is 4.82. The summed E-state index contributed by atoms with van der Waals surface area (Å²) in [5, 5.41) is 7.55. The number of hydrogen-bond donors (Lipinski definition) is 1. The zero-order valence-electron chi connectivity index (χ0n) is 13.8. The smallest absolute Gasteiger partial charge is 0.253 e. The first kappa shape index (κ1) is 15.3. The van der Waals surface area contributed by atoms with Gasteiger partial charge in [0, 0.05) is 37.3 Å². The first-order valence-corrected chi connectivity index (χ1v) is 8.56. The van der Waals surface area contributed by atoms with Crippen molar-refractivity contribution in [3.8, 4) is 0 Å². The van der Waals surface area contributed by atoms with Crippen LogP contribution in [0.3, 0.4) is 0 Å². The van der Waals surface area contributed by atoms with Gasteiger partial charge < -0.3 is 10.1 Å². The minimum Gasteiger partial charge on any atom is -0.371 e. The van der Waals surface area contributed by atoms with Crippen LogP contribution in [0.25, 0.3) is 0 Å². The molecule has 1 amide bonds. The van der Waals surface area contributed by atoms with Crippen LogP contribution in [-0.4, -0.2) is 33.3 Å². The quantitative estimate of drug-likeness (QED) is 0.915. The number of carbonyl (C=O) groups excluding carboxylic acids is 1. The number of aryl methyl sites for hydroxylation is 1. The Morgan fingerprint density at radius 1 is 1.38 bits per heavy atom. The molecule has 0 spiro atoms. The standard InChI is InChI=1S/C18H22N4O2/c1-12-4-6-19-9-15(12)18(23)21-16-5-7-24-17(16)14-8-20-22(11-14)10-13-2-3-13/h4,6,8-9,11,13,16-17H,2-3,5,7,10H2,1H3,(H,21,23)/t16-,17+/m0/s1. The summed E-state index contributed by atoms with van der Waals surface area (Å²) in [7, 11) is 0. The summed E-state index contributed by atoms with van der Waals surface area (Å²) in [6.07, 6.45) is 10.5. The molecule has 1 aliphatic heterocycles. The Kier molecular flexibility index (Phi) is 4.06. The van der Waals surface area contributed by atoms with Crippen LogP contribution in [0.15, 0.2) is 30.9 Å². The second kappa shape index (κ2) is 6.36. The molecule has 4 rings (SSSR count). The van der Waals surface area contributed by atoms with Crippen molar-refractivity contribution in [3.05, 3.63) is 47.5 Å². The lowest BCUT2D eigenvalue weighted by molar-refractivity contribution is 0.0820. The zero-order chi connectivity index (χ0) is 16.5. The number of nitrogens with zero attached hydrogens (tertiary/aromatic N) is 3. The van der Waals surface area contributed by atoms with Gasteiger partial charge in [-0.05, 0) is 43.7 Å². The Balaban J connectivity index is 1.45. The van der Waals surface area contributed by atoms with Gasteiger partial charge in [0.15, 0.2) is 0 Å². The Labute approximate surface area is 141 Å². The lowest BCUT2D eigenvalue weighted by atomic mass is 10.0. The van der Waals surface area contributed by atoms with Crippen LogP contribution in [0.2, 0.25) is 0 Å². The maximum Gasteiger partial charge on any atom is 0.253 e. The van der Waals surface area contributed by atoms with Gasteiger partial charge >= 0.3 is 0 Å². The van der Waals surface area contributed by atoms with Gasteiger partial charge in [-0.2, -0.15) is 5.10 Å². The van der Waals surface area contributed by atoms with Crippen molar-refractivity contribution in [1.29, 1.82) is 0 Å². The number of nitrogens with one attached hydrogen (secondary N) is 1. The summed E-state index contributed by atoms with van der Waals surface area (Å²) in [5.74, 6) is 0.692. The Morgan fingerprint density at radius 2 is 2.25 bits per heavy atom. The van der Waals surface area contributed by atoms with Crippen molar-refractivity contribution in [1.82, 2.24) is 20.1 Å². The van der Waals surface area contributed by atoms with Gasteiger partial charge in [-0.25, -0.2) is 0 Å². The Bertz CT molecular complexity index is 738. The fraction of sp³-hybridized carbons (Fsp3) is 0.500. The Morgan fingerprint density at radius 3 is 3.04 bits per heavy atom. The molecule has 0 aromatic carbocycles. The number of hydrogen-bond acceptors (Lipinski definition) is 4. The molecule has 2 aliphatic rings. The second-order valence-corrected chi connectivity index (χ2v) is 6.79. The van der Waals surface area contributed by atoms with E-state index in [0.29, 0.717) is 12.2 Å². The molecule has 0 unspecified atom stereocenters. The van der Waals surface area contributed by atoms with Crippen LogP contribution in [0.5, 0.6) is 0 Å². The van der Waals surface area contributed by atoms with Crippen molar-refractivity contribution < 1.29 is 9.53 Å². The van der Waals surface area contributed by atoms with E-state index >= 15 is 0 Å². The predicted molar refractivity (Wildman–Crippen MR) is 88.5 cm³/mol. The zero-order valence-corrected chi connectivity index (χ0v) is 13.8. The molecule has 0 radical (unpaired) electrons. The van der Waals surface area contributed by atoms with Gasteiger partial charge in [-0.1, -0.05) is 0 Å². The fourth-order valence-electron chi connectivity index (χ4n) is 3.21. The minimum absolute atomic E-state index is 0.0318. The maximum atomic E-state index is 12.5. The fourth-order valence-corrected chi connectivity index (χ4v) is 3.21. The van der Waals surface area contributed by atoms with Crippen LogP contribution >= 0.6 is 0 Å². The highest BCUT2D eigenvalue weighted by Gasteiger charge is 2.32. The monoisotopic (exact) mass is 326 g/mol. The van der Waals surface area contributed by atoms with E-state index in [9.17, 15) is 4.79 Å². The predicted octanol–water partition coefficient (Wildman–Crippen LogP) is 2.26. The first-order chi connectivity index (χ1) is 11.7. The second-order valence-electron chi connectivity index (χ2n) is 6.79. The number of amides is 1. The lowest BCUT2D eigenvalue weighted by Crippen LogP contribution is -2.37. The summed E-state index contributed by atoms with van der Waals surface area (Å²) in [4.78, 5) is 16.6. The van der Waals surface area contributed by atoms with Gasteiger partial charge in [0.2, 0.25) is 0 Å². The van der Waals surface area contributed by atoms with E-state index in [1.54, 1.807) is 12.4 Å². The summed E-state index contributed by atoms with van der Waals surface area (Å²) in [6.45, 7) is 3.55. The van der Waals surface area contributed by atoms with Gasteiger partial charge in [0.05, 0.1) is 17.8 Å². The molecule has 1 saturated carbocycles. The van der Waals surface area contributed by atoms with Crippen LogP contribution < -0.4 is 5.32 Å². The normalized spacial score (nSPS) is 23.4. The number of ether oxygens (including phenoxy) is 1. The van der Waals surface area contributed by atoms with E-state index < -0.39 is 0 Å². The largest absolute Gasteiger partial charge is 0.371 e. The van der Waals surface area contributed by atoms with Gasteiger partial charge in [0.25, 0.3) is 5.91 Å². The topological polar surface area (TPSA) is 69.0 Å². The van der Waals surface area contributed by atoms with E-state index in [0.717, 1.165) is 30.0 Å². The first-order valence-electron chi connectivity index (χ1n) is 8.56. The lowest BCUT2D eigenvalue weighted by Gasteiger charge is -2.19. The number of carbonyl (C=O) groups is 1. The van der Waals surface area contributed by atoms with Crippen LogP contribution in [-0.2, 0) is 11.3 Å². The molecule has 2 aromatic heterocycles. The van der Waals surface area contributed by atoms with Gasteiger partial charge in [-0.3, -0.25) is 14.5 Å². The molecule has 6 heteroatoms. The molecule has 1 N–H and O–H groups in total.